The molecular weight excluding hydrogens is 490 g/mol. The molecule has 1 fully saturated rings. The van der Waals surface area contributed by atoms with Crippen molar-refractivity contribution < 1.29 is 9.90 Å². The summed E-state index contributed by atoms with van der Waals surface area (Å²) >= 11 is 0. The van der Waals surface area contributed by atoms with Gasteiger partial charge in [0.05, 0.1) is 6.54 Å². The number of aliphatic carboxylic acids is 1. The van der Waals surface area contributed by atoms with E-state index in [2.05, 4.69) is 69.5 Å². The molecule has 1 aliphatic carbocycles. The number of tetrazole rings is 1. The Hall–Kier alpha value is -3.88. The minimum Gasteiger partial charge on any atom is -0.481 e. The zero-order valence-corrected chi connectivity index (χ0v) is 22.8. The summed E-state index contributed by atoms with van der Waals surface area (Å²) in [5.41, 5.74) is 4.26. The first kappa shape index (κ1) is 26.7. The first-order chi connectivity index (χ1) is 19.0. The van der Waals surface area contributed by atoms with E-state index in [9.17, 15) is 4.79 Å². The van der Waals surface area contributed by atoms with Crippen LogP contribution in [0.15, 0.2) is 48.5 Å². The van der Waals surface area contributed by atoms with E-state index in [0.717, 1.165) is 73.3 Å². The fraction of sp³-hybridized carbons (Fsp3) is 0.467. The molecule has 1 aliphatic rings. The molecule has 0 spiro atoms. The lowest BCUT2D eigenvalue weighted by atomic mass is 9.79. The molecule has 0 atom stereocenters. The Morgan fingerprint density at radius 3 is 2.46 bits per heavy atom. The highest BCUT2D eigenvalue weighted by atomic mass is 16.4. The number of carbonyl (C=O) groups is 1. The topological polar surface area (TPSA) is 122 Å². The van der Waals surface area contributed by atoms with Gasteiger partial charge in [0.25, 0.3) is 0 Å². The molecule has 204 valence electrons. The third kappa shape index (κ3) is 6.77. The molecule has 9 nitrogen and oxygen atoms in total. The van der Waals surface area contributed by atoms with Crippen LogP contribution in [-0.4, -0.2) is 46.5 Å². The molecule has 0 bridgehead atoms. The number of carboxylic acids is 1. The molecule has 39 heavy (non-hydrogen) atoms. The van der Waals surface area contributed by atoms with Crippen LogP contribution in [0.1, 0.15) is 81.9 Å². The van der Waals surface area contributed by atoms with Crippen LogP contribution in [0, 0.1) is 11.8 Å². The number of aromatic amines is 1. The normalized spacial score (nSPS) is 17.5. The molecular formula is C30H37N7O2. The average molecular weight is 528 g/mol. The number of aromatic nitrogens is 7. The summed E-state index contributed by atoms with van der Waals surface area (Å²) in [6.45, 7) is 5.14. The number of H-pyrrole nitrogens is 1. The smallest absolute Gasteiger partial charge is 0.303 e. The van der Waals surface area contributed by atoms with Crippen molar-refractivity contribution in [3.63, 3.8) is 0 Å². The van der Waals surface area contributed by atoms with Gasteiger partial charge in [0.2, 0.25) is 5.82 Å². The second-order valence-electron chi connectivity index (χ2n) is 11.1. The quantitative estimate of drug-likeness (QED) is 0.249. The summed E-state index contributed by atoms with van der Waals surface area (Å²) in [6, 6.07) is 16.7. The van der Waals surface area contributed by atoms with E-state index in [4.69, 9.17) is 15.2 Å². The van der Waals surface area contributed by atoms with Crippen molar-refractivity contribution in [1.29, 1.82) is 0 Å². The van der Waals surface area contributed by atoms with Gasteiger partial charge in [-0.1, -0.05) is 62.4 Å². The molecule has 1 saturated carbocycles. The van der Waals surface area contributed by atoms with Gasteiger partial charge in [-0.3, -0.25) is 4.79 Å². The summed E-state index contributed by atoms with van der Waals surface area (Å²) < 4.78 is 2.11. The Morgan fingerprint density at radius 1 is 1.05 bits per heavy atom. The number of benzene rings is 2. The standard InChI is InChI=1S/C30H37N7O2/c1-20(2)7-17-27-31-30(24-15-8-21(9-16-24)12-18-28(38)39)37(34-27)19-22-10-13-23(14-11-22)25-5-3-4-6-26(25)29-32-35-36-33-29/h3-6,10-11,13-14,20-21,24H,7-9,12,15-19H2,1-2H3,(H,38,39)(H,32,33,35,36). The zero-order chi connectivity index (χ0) is 27.2. The second kappa shape index (κ2) is 12.3. The lowest BCUT2D eigenvalue weighted by Gasteiger charge is -2.27. The average Bonchev–Trinajstić information content (AvgIpc) is 3.62. The molecule has 4 aromatic rings. The summed E-state index contributed by atoms with van der Waals surface area (Å²) in [5, 5.41) is 28.6. The van der Waals surface area contributed by atoms with Gasteiger partial charge in [0.1, 0.15) is 5.82 Å². The van der Waals surface area contributed by atoms with Crippen LogP contribution < -0.4 is 0 Å². The Kier molecular flexibility index (Phi) is 8.44. The highest BCUT2D eigenvalue weighted by Gasteiger charge is 2.27. The number of nitrogens with one attached hydrogen (secondary N) is 1. The fourth-order valence-electron chi connectivity index (χ4n) is 5.55. The van der Waals surface area contributed by atoms with Crippen LogP contribution in [-0.2, 0) is 17.8 Å². The summed E-state index contributed by atoms with van der Waals surface area (Å²) in [7, 11) is 0. The maximum absolute atomic E-state index is 11.0. The maximum Gasteiger partial charge on any atom is 0.303 e. The first-order valence-corrected chi connectivity index (χ1v) is 14.0. The van der Waals surface area contributed by atoms with Crippen molar-refractivity contribution in [3.05, 3.63) is 65.7 Å². The first-order valence-electron chi connectivity index (χ1n) is 14.0. The minimum atomic E-state index is -0.698. The van der Waals surface area contributed by atoms with Crippen LogP contribution >= 0.6 is 0 Å². The predicted octanol–water partition coefficient (Wildman–Crippen LogP) is 5.90. The summed E-state index contributed by atoms with van der Waals surface area (Å²) in [5.74, 6) is 3.36. The van der Waals surface area contributed by atoms with E-state index in [-0.39, 0.29) is 6.42 Å². The summed E-state index contributed by atoms with van der Waals surface area (Å²) in [4.78, 5) is 16.0. The van der Waals surface area contributed by atoms with Gasteiger partial charge >= 0.3 is 5.97 Å². The third-order valence-electron chi connectivity index (χ3n) is 7.78. The van der Waals surface area contributed by atoms with Gasteiger partial charge in [0, 0.05) is 24.3 Å². The van der Waals surface area contributed by atoms with Crippen LogP contribution in [0.3, 0.4) is 0 Å². The number of aryl methyl sites for hydroxylation is 1. The molecule has 2 aromatic carbocycles. The minimum absolute atomic E-state index is 0.264. The molecule has 5 rings (SSSR count). The Labute approximate surface area is 229 Å². The SMILES string of the molecule is CC(C)CCc1nc(C2CCC(CCC(=O)O)CC2)n(Cc2ccc(-c3ccccc3-c3nn[nH]n3)cc2)n1. The van der Waals surface area contributed by atoms with Crippen LogP contribution in [0.5, 0.6) is 0 Å². The van der Waals surface area contributed by atoms with Crippen LogP contribution in [0.2, 0.25) is 0 Å². The largest absolute Gasteiger partial charge is 0.481 e. The predicted molar refractivity (Wildman–Crippen MR) is 149 cm³/mol. The number of rotatable bonds is 11. The van der Waals surface area contributed by atoms with E-state index in [0.29, 0.717) is 30.1 Å². The van der Waals surface area contributed by atoms with E-state index in [1.807, 2.05) is 18.2 Å². The molecule has 9 heteroatoms. The Bertz CT molecular complexity index is 1350. The lowest BCUT2D eigenvalue weighted by Crippen LogP contribution is -2.18. The molecule has 2 heterocycles. The van der Waals surface area contributed by atoms with E-state index >= 15 is 0 Å². The molecule has 0 radical (unpaired) electrons. The van der Waals surface area contributed by atoms with Crippen molar-refractivity contribution in [2.24, 2.45) is 11.8 Å². The van der Waals surface area contributed by atoms with E-state index < -0.39 is 5.97 Å². The van der Waals surface area contributed by atoms with Crippen molar-refractivity contribution in [3.8, 4) is 22.5 Å². The molecule has 2 N–H and O–H groups in total. The van der Waals surface area contributed by atoms with Gasteiger partial charge in [-0.25, -0.2) is 9.67 Å². The van der Waals surface area contributed by atoms with Crippen molar-refractivity contribution in [2.75, 3.05) is 0 Å². The number of nitrogens with zero attached hydrogens (tertiary/aromatic N) is 6. The molecule has 2 aromatic heterocycles. The molecule has 0 aliphatic heterocycles. The van der Waals surface area contributed by atoms with Crippen molar-refractivity contribution >= 4 is 5.97 Å². The monoisotopic (exact) mass is 527 g/mol. The fourth-order valence-corrected chi connectivity index (χ4v) is 5.55. The number of hydrogen-bond donors (Lipinski definition) is 2. The Balaban J connectivity index is 1.33. The van der Waals surface area contributed by atoms with Gasteiger partial charge < -0.3 is 5.11 Å². The summed E-state index contributed by atoms with van der Waals surface area (Å²) in [6.07, 6.45) is 7.19. The molecule has 0 unspecified atom stereocenters. The number of carboxylic acid groups (broad SMARTS) is 1. The lowest BCUT2D eigenvalue weighted by molar-refractivity contribution is -0.137. The molecule has 0 amide bonds. The van der Waals surface area contributed by atoms with Crippen molar-refractivity contribution in [1.82, 2.24) is 35.4 Å². The van der Waals surface area contributed by atoms with Gasteiger partial charge in [-0.05, 0) is 72.3 Å². The third-order valence-corrected chi connectivity index (χ3v) is 7.78. The highest BCUT2D eigenvalue weighted by molar-refractivity contribution is 5.80. The molecule has 0 saturated heterocycles. The second-order valence-corrected chi connectivity index (χ2v) is 11.1. The van der Waals surface area contributed by atoms with Crippen LogP contribution in [0.25, 0.3) is 22.5 Å². The van der Waals surface area contributed by atoms with Gasteiger partial charge in [-0.15, -0.1) is 10.2 Å². The zero-order valence-electron chi connectivity index (χ0n) is 22.8. The maximum atomic E-state index is 11.0. The highest BCUT2D eigenvalue weighted by Crippen LogP contribution is 2.37. The van der Waals surface area contributed by atoms with Gasteiger partial charge in [0.15, 0.2) is 5.82 Å². The van der Waals surface area contributed by atoms with E-state index in [1.165, 1.54) is 5.56 Å². The van der Waals surface area contributed by atoms with E-state index in [1.54, 1.807) is 0 Å². The van der Waals surface area contributed by atoms with Gasteiger partial charge in [-0.2, -0.15) is 10.3 Å². The van der Waals surface area contributed by atoms with Crippen LogP contribution in [0.4, 0.5) is 0 Å². The van der Waals surface area contributed by atoms with Crippen molar-refractivity contribution in [2.45, 2.75) is 77.7 Å². The Morgan fingerprint density at radius 2 is 1.79 bits per heavy atom. The number of hydrogen-bond acceptors (Lipinski definition) is 6.